The molecule has 0 aliphatic carbocycles. The largest absolute Gasteiger partial charge is 0.507 e. The first-order valence-corrected chi connectivity index (χ1v) is 10.9. The summed E-state index contributed by atoms with van der Waals surface area (Å²) < 4.78 is 6.06. The Labute approximate surface area is 195 Å². The van der Waals surface area contributed by atoms with Gasteiger partial charge in [0.1, 0.15) is 11.5 Å². The fourth-order valence-electron chi connectivity index (χ4n) is 3.92. The number of aliphatic hydroxyl groups excluding tert-OH is 1. The van der Waals surface area contributed by atoms with Crippen molar-refractivity contribution in [3.63, 3.8) is 0 Å². The number of hydrogen-bond acceptors (Lipinski definition) is 4. The highest BCUT2D eigenvalue weighted by molar-refractivity contribution is 9.10. The first-order valence-electron chi connectivity index (χ1n) is 10.1. The molecular formula is C26H22BrNO4. The number of methoxy groups -OCH3 is 1. The number of benzene rings is 3. The summed E-state index contributed by atoms with van der Waals surface area (Å²) in [5, 5.41) is 11.1. The molecule has 0 aromatic heterocycles. The van der Waals surface area contributed by atoms with Gasteiger partial charge in [0, 0.05) is 16.6 Å². The van der Waals surface area contributed by atoms with Gasteiger partial charge in [-0.15, -0.1) is 0 Å². The van der Waals surface area contributed by atoms with Crippen molar-refractivity contribution in [2.75, 3.05) is 7.11 Å². The lowest BCUT2D eigenvalue weighted by Gasteiger charge is -2.26. The van der Waals surface area contributed by atoms with Crippen LogP contribution in [0.5, 0.6) is 5.75 Å². The summed E-state index contributed by atoms with van der Waals surface area (Å²) in [6.07, 6.45) is 0. The zero-order chi connectivity index (χ0) is 22.8. The third-order valence-corrected chi connectivity index (χ3v) is 6.06. The van der Waals surface area contributed by atoms with Gasteiger partial charge in [0.05, 0.1) is 18.7 Å². The van der Waals surface area contributed by atoms with E-state index in [4.69, 9.17) is 4.74 Å². The Morgan fingerprint density at radius 3 is 2.34 bits per heavy atom. The van der Waals surface area contributed by atoms with Crippen LogP contribution in [0.2, 0.25) is 0 Å². The SMILES string of the molecule is COc1ccc(CN2C(=O)C(=O)/C(=C(\O)c3ccc(Br)cc3)C2c2cccc(C)c2)cc1. The summed E-state index contributed by atoms with van der Waals surface area (Å²) >= 11 is 3.38. The molecule has 1 fully saturated rings. The standard InChI is InChI=1S/C26H22BrNO4/c1-16-4-3-5-19(14-16)23-22(24(29)18-8-10-20(27)11-9-18)25(30)26(31)28(23)15-17-6-12-21(32-2)13-7-17/h3-14,23,29H,15H2,1-2H3/b24-22-. The maximum atomic E-state index is 13.1. The van der Waals surface area contributed by atoms with Crippen LogP contribution in [-0.4, -0.2) is 28.8 Å². The molecule has 1 N–H and O–H groups in total. The normalized spacial score (nSPS) is 17.6. The lowest BCUT2D eigenvalue weighted by atomic mass is 9.94. The lowest BCUT2D eigenvalue weighted by molar-refractivity contribution is -0.140. The number of halogens is 1. The van der Waals surface area contributed by atoms with E-state index in [-0.39, 0.29) is 17.9 Å². The second-order valence-electron chi connectivity index (χ2n) is 7.70. The van der Waals surface area contributed by atoms with Gasteiger partial charge >= 0.3 is 0 Å². The van der Waals surface area contributed by atoms with Gasteiger partial charge in [-0.1, -0.05) is 70.0 Å². The number of carbonyl (C=O) groups excluding carboxylic acids is 2. The predicted octanol–water partition coefficient (Wildman–Crippen LogP) is 5.39. The number of rotatable bonds is 5. The van der Waals surface area contributed by atoms with Crippen molar-refractivity contribution in [1.82, 2.24) is 4.90 Å². The van der Waals surface area contributed by atoms with E-state index in [2.05, 4.69) is 15.9 Å². The molecule has 4 rings (SSSR count). The van der Waals surface area contributed by atoms with Gasteiger partial charge < -0.3 is 14.7 Å². The molecule has 1 unspecified atom stereocenters. The predicted molar refractivity (Wildman–Crippen MR) is 126 cm³/mol. The van der Waals surface area contributed by atoms with E-state index in [1.165, 1.54) is 4.90 Å². The second-order valence-corrected chi connectivity index (χ2v) is 8.61. The Hall–Kier alpha value is -3.38. The molecule has 1 saturated heterocycles. The highest BCUT2D eigenvalue weighted by Gasteiger charge is 2.46. The molecular weight excluding hydrogens is 470 g/mol. The van der Waals surface area contributed by atoms with Crippen LogP contribution in [0.1, 0.15) is 28.3 Å². The summed E-state index contributed by atoms with van der Waals surface area (Å²) in [4.78, 5) is 27.7. The van der Waals surface area contributed by atoms with Gasteiger partial charge in [-0.3, -0.25) is 9.59 Å². The van der Waals surface area contributed by atoms with E-state index < -0.39 is 17.7 Å². The Kier molecular flexibility index (Phi) is 6.15. The van der Waals surface area contributed by atoms with Gasteiger partial charge in [-0.2, -0.15) is 0 Å². The molecule has 0 radical (unpaired) electrons. The Morgan fingerprint density at radius 2 is 1.72 bits per heavy atom. The number of likely N-dealkylation sites (tertiary alicyclic amines) is 1. The van der Waals surface area contributed by atoms with E-state index in [0.29, 0.717) is 11.3 Å². The molecule has 5 nitrogen and oxygen atoms in total. The minimum Gasteiger partial charge on any atom is -0.507 e. The monoisotopic (exact) mass is 491 g/mol. The van der Waals surface area contributed by atoms with Crippen LogP contribution in [0.4, 0.5) is 0 Å². The molecule has 3 aromatic carbocycles. The zero-order valence-corrected chi connectivity index (χ0v) is 19.3. The quantitative estimate of drug-likeness (QED) is 0.295. The third kappa shape index (κ3) is 4.18. The van der Waals surface area contributed by atoms with Gasteiger partial charge in [0.2, 0.25) is 0 Å². The number of ether oxygens (including phenoxy) is 1. The number of aryl methyl sites for hydroxylation is 1. The van der Waals surface area contributed by atoms with Gasteiger partial charge in [-0.05, 0) is 42.3 Å². The summed E-state index contributed by atoms with van der Waals surface area (Å²) in [7, 11) is 1.59. The van der Waals surface area contributed by atoms with Crippen LogP contribution in [0, 0.1) is 6.92 Å². The first-order chi connectivity index (χ1) is 15.4. The Morgan fingerprint density at radius 1 is 1.03 bits per heavy atom. The van der Waals surface area contributed by atoms with Crippen LogP contribution in [0.15, 0.2) is 82.8 Å². The van der Waals surface area contributed by atoms with Crippen molar-refractivity contribution < 1.29 is 19.4 Å². The summed E-state index contributed by atoms with van der Waals surface area (Å²) in [6, 6.07) is 21.3. The molecule has 0 bridgehead atoms. The van der Waals surface area contributed by atoms with Crippen LogP contribution in [0.25, 0.3) is 5.76 Å². The fourth-order valence-corrected chi connectivity index (χ4v) is 4.19. The summed E-state index contributed by atoms with van der Waals surface area (Å²) in [5.74, 6) is -0.794. The molecule has 6 heteroatoms. The topological polar surface area (TPSA) is 66.8 Å². The smallest absolute Gasteiger partial charge is 0.295 e. The van der Waals surface area contributed by atoms with Crippen molar-refractivity contribution in [3.8, 4) is 5.75 Å². The molecule has 1 amide bonds. The number of Topliss-reactive ketones (excluding diaryl/α,β-unsaturated/α-hetero) is 1. The van der Waals surface area contributed by atoms with Gasteiger partial charge in [0.15, 0.2) is 0 Å². The molecule has 32 heavy (non-hydrogen) atoms. The molecule has 1 aliphatic heterocycles. The maximum Gasteiger partial charge on any atom is 0.295 e. The van der Waals surface area contributed by atoms with Crippen LogP contribution in [0.3, 0.4) is 0 Å². The molecule has 162 valence electrons. The first kappa shape index (κ1) is 21.8. The maximum absolute atomic E-state index is 13.1. The number of aliphatic hydroxyl groups is 1. The van der Waals surface area contributed by atoms with Crippen molar-refractivity contribution in [3.05, 3.63) is 105 Å². The average Bonchev–Trinajstić information content (AvgIpc) is 3.04. The Bertz CT molecular complexity index is 1200. The van der Waals surface area contributed by atoms with E-state index in [1.807, 2.05) is 55.5 Å². The van der Waals surface area contributed by atoms with Crippen LogP contribution < -0.4 is 4.74 Å². The fraction of sp³-hybridized carbons (Fsp3) is 0.154. The average molecular weight is 492 g/mol. The Balaban J connectivity index is 1.83. The minimum absolute atomic E-state index is 0.0939. The van der Waals surface area contributed by atoms with E-state index in [1.54, 1.807) is 31.4 Å². The van der Waals surface area contributed by atoms with Crippen LogP contribution >= 0.6 is 15.9 Å². The third-order valence-electron chi connectivity index (χ3n) is 5.53. The number of hydrogen-bond donors (Lipinski definition) is 1. The van der Waals surface area contributed by atoms with Crippen molar-refractivity contribution in [1.29, 1.82) is 0 Å². The summed E-state index contributed by atoms with van der Waals surface area (Å²) in [6.45, 7) is 2.18. The number of nitrogens with zero attached hydrogens (tertiary/aromatic N) is 1. The lowest BCUT2D eigenvalue weighted by Crippen LogP contribution is -2.29. The van der Waals surface area contributed by atoms with E-state index in [0.717, 1.165) is 21.2 Å². The van der Waals surface area contributed by atoms with E-state index >= 15 is 0 Å². The van der Waals surface area contributed by atoms with Gasteiger partial charge in [-0.25, -0.2) is 0 Å². The molecule has 0 saturated carbocycles. The van der Waals surface area contributed by atoms with Crippen molar-refractivity contribution in [2.24, 2.45) is 0 Å². The molecule has 1 heterocycles. The molecule has 1 atom stereocenters. The second kappa shape index (κ2) is 9.01. The van der Waals surface area contributed by atoms with Crippen molar-refractivity contribution >= 4 is 33.4 Å². The highest BCUT2D eigenvalue weighted by atomic mass is 79.9. The summed E-state index contributed by atoms with van der Waals surface area (Å²) in [5.41, 5.74) is 3.20. The molecule has 0 spiro atoms. The molecule has 3 aromatic rings. The number of carbonyl (C=O) groups is 2. The van der Waals surface area contributed by atoms with E-state index in [9.17, 15) is 14.7 Å². The highest BCUT2D eigenvalue weighted by Crippen LogP contribution is 2.40. The minimum atomic E-state index is -0.694. The van der Waals surface area contributed by atoms with Crippen molar-refractivity contribution in [2.45, 2.75) is 19.5 Å². The van der Waals surface area contributed by atoms with Crippen LogP contribution in [-0.2, 0) is 16.1 Å². The zero-order valence-electron chi connectivity index (χ0n) is 17.7. The molecule has 1 aliphatic rings. The number of ketones is 1. The van der Waals surface area contributed by atoms with Gasteiger partial charge in [0.25, 0.3) is 11.7 Å². The number of amides is 1.